The van der Waals surface area contributed by atoms with Crippen molar-refractivity contribution in [1.29, 1.82) is 0 Å². The lowest BCUT2D eigenvalue weighted by atomic mass is 9.63. The van der Waals surface area contributed by atoms with Crippen molar-refractivity contribution in [2.75, 3.05) is 0 Å². The van der Waals surface area contributed by atoms with E-state index in [1.165, 1.54) is 43.2 Å². The van der Waals surface area contributed by atoms with E-state index in [0.29, 0.717) is 0 Å². The Bertz CT molecular complexity index is 1110. The molecule has 2 heteroatoms. The fourth-order valence-corrected chi connectivity index (χ4v) is 9.52. The van der Waals surface area contributed by atoms with Crippen LogP contribution in [-0.4, -0.2) is 16.1 Å². The zero-order valence-corrected chi connectivity index (χ0v) is 23.1. The zero-order valence-electron chi connectivity index (χ0n) is 21.1. The molecule has 2 aromatic carbocycles. The third kappa shape index (κ3) is 3.55. The molecule has 1 fully saturated rings. The van der Waals surface area contributed by atoms with Crippen LogP contribution < -0.4 is 10.4 Å². The van der Waals surface area contributed by atoms with E-state index in [1.807, 2.05) is 0 Å². The lowest BCUT2D eigenvalue weighted by Gasteiger charge is -2.44. The van der Waals surface area contributed by atoms with Gasteiger partial charge in [0.2, 0.25) is 0 Å². The molecule has 32 heavy (non-hydrogen) atoms. The van der Waals surface area contributed by atoms with Gasteiger partial charge in [0.15, 0.2) is 0 Å². The minimum atomic E-state index is -1.49. The largest absolute Gasteiger partial charge is 0.0804 e. The fourth-order valence-electron chi connectivity index (χ4n) is 6.60. The Balaban J connectivity index is 1.75. The third-order valence-electron chi connectivity index (χ3n) is 8.32. The van der Waals surface area contributed by atoms with E-state index in [-0.39, 0.29) is 5.41 Å². The van der Waals surface area contributed by atoms with Crippen LogP contribution in [0.3, 0.4) is 0 Å². The van der Waals surface area contributed by atoms with E-state index in [0.717, 1.165) is 12.8 Å². The Kier molecular flexibility index (Phi) is 5.33. The van der Waals surface area contributed by atoms with Crippen LogP contribution in [0.1, 0.15) is 55.2 Å². The van der Waals surface area contributed by atoms with Crippen LogP contribution in [0.4, 0.5) is 0 Å². The second-order valence-electron chi connectivity index (χ2n) is 12.5. The van der Waals surface area contributed by atoms with Gasteiger partial charge < -0.3 is 0 Å². The summed E-state index contributed by atoms with van der Waals surface area (Å²) in [5, 5.41) is 3.33. The first-order chi connectivity index (χ1) is 15.1. The Labute approximate surface area is 197 Å². The molecule has 0 N–H and O–H groups in total. The molecule has 0 amide bonds. The molecule has 5 rings (SSSR count). The summed E-state index contributed by atoms with van der Waals surface area (Å²) in [5.74, 6) is 0. The molecule has 0 spiro atoms. The molecule has 0 unspecified atom stereocenters. The van der Waals surface area contributed by atoms with Gasteiger partial charge in [-0.1, -0.05) is 123 Å². The summed E-state index contributed by atoms with van der Waals surface area (Å²) in [7, 11) is -2.80. The number of allylic oxidation sites excluding steroid dienone is 4. The lowest BCUT2D eigenvalue weighted by Crippen LogP contribution is -2.47. The number of fused-ring (bicyclic) bond motifs is 3. The van der Waals surface area contributed by atoms with E-state index in [9.17, 15) is 0 Å². The topological polar surface area (TPSA) is 0 Å². The maximum atomic E-state index is 2.57. The van der Waals surface area contributed by atoms with Gasteiger partial charge in [0.1, 0.15) is 0 Å². The fraction of sp³-hybridized carbons (Fsp3) is 0.467. The average Bonchev–Trinajstić information content (AvgIpc) is 3.40. The molecule has 0 radical (unpaired) electrons. The Morgan fingerprint density at radius 3 is 2.12 bits per heavy atom. The van der Waals surface area contributed by atoms with Crippen LogP contribution in [0.25, 0.3) is 11.1 Å². The highest BCUT2D eigenvalue weighted by Crippen LogP contribution is 2.51. The second-order valence-corrected chi connectivity index (χ2v) is 22.6. The first kappa shape index (κ1) is 22.2. The SMILES string of the molecule is C[Si](C)(C)c1ccc2c(c1)Cc1c-2ccc([Si](C)(C)C)c1C1(C2=CC=CC2)CCCCC1. The highest BCUT2D eigenvalue weighted by molar-refractivity contribution is 6.89. The monoisotopic (exact) mass is 456 g/mol. The zero-order chi connectivity index (χ0) is 22.7. The van der Waals surface area contributed by atoms with Gasteiger partial charge >= 0.3 is 0 Å². The van der Waals surface area contributed by atoms with Gasteiger partial charge in [-0.2, -0.15) is 0 Å². The summed E-state index contributed by atoms with van der Waals surface area (Å²) < 4.78 is 0. The first-order valence-electron chi connectivity index (χ1n) is 12.8. The van der Waals surface area contributed by atoms with E-state index in [1.54, 1.807) is 32.6 Å². The predicted octanol–water partition coefficient (Wildman–Crippen LogP) is 7.44. The van der Waals surface area contributed by atoms with Gasteiger partial charge in [0.05, 0.1) is 16.1 Å². The molecule has 3 aliphatic carbocycles. The van der Waals surface area contributed by atoms with Crippen molar-refractivity contribution in [3.8, 4) is 11.1 Å². The van der Waals surface area contributed by atoms with Gasteiger partial charge in [0.25, 0.3) is 0 Å². The van der Waals surface area contributed by atoms with Crippen LogP contribution in [-0.2, 0) is 11.8 Å². The smallest absolute Gasteiger partial charge is 0.0780 e. The third-order valence-corrected chi connectivity index (χ3v) is 12.4. The van der Waals surface area contributed by atoms with Crippen LogP contribution in [0.5, 0.6) is 0 Å². The van der Waals surface area contributed by atoms with Crippen molar-refractivity contribution in [1.82, 2.24) is 0 Å². The molecule has 3 aliphatic rings. The van der Waals surface area contributed by atoms with Crippen LogP contribution in [0, 0.1) is 0 Å². The van der Waals surface area contributed by atoms with E-state index in [2.05, 4.69) is 87.8 Å². The highest BCUT2D eigenvalue weighted by atomic mass is 28.3. The van der Waals surface area contributed by atoms with Gasteiger partial charge in [0, 0.05) is 5.41 Å². The van der Waals surface area contributed by atoms with Crippen LogP contribution in [0.15, 0.2) is 54.1 Å². The summed E-state index contributed by atoms with van der Waals surface area (Å²) in [5.41, 5.74) is 10.0. The minimum Gasteiger partial charge on any atom is -0.0804 e. The normalized spacial score (nSPS) is 19.6. The van der Waals surface area contributed by atoms with Gasteiger partial charge in [-0.25, -0.2) is 0 Å². The van der Waals surface area contributed by atoms with Crippen molar-refractivity contribution in [3.05, 3.63) is 70.8 Å². The van der Waals surface area contributed by atoms with Crippen molar-refractivity contribution in [3.63, 3.8) is 0 Å². The number of rotatable bonds is 4. The van der Waals surface area contributed by atoms with Crippen molar-refractivity contribution >= 4 is 26.5 Å². The molecule has 2 aromatic rings. The minimum absolute atomic E-state index is 0.256. The second kappa shape index (κ2) is 7.70. The van der Waals surface area contributed by atoms with Gasteiger partial charge in [-0.15, -0.1) is 0 Å². The van der Waals surface area contributed by atoms with Crippen molar-refractivity contribution in [2.45, 2.75) is 89.6 Å². The molecule has 0 saturated heterocycles. The van der Waals surface area contributed by atoms with E-state index in [4.69, 9.17) is 0 Å². The maximum absolute atomic E-state index is 2.57. The van der Waals surface area contributed by atoms with E-state index < -0.39 is 16.1 Å². The average molecular weight is 457 g/mol. The predicted molar refractivity (Wildman–Crippen MR) is 147 cm³/mol. The molecular formula is C30H40Si2. The number of benzene rings is 2. The summed E-state index contributed by atoms with van der Waals surface area (Å²) in [6.07, 6.45) is 16.3. The van der Waals surface area contributed by atoms with Crippen molar-refractivity contribution in [2.24, 2.45) is 0 Å². The Morgan fingerprint density at radius 2 is 1.50 bits per heavy atom. The van der Waals surface area contributed by atoms with Gasteiger partial charge in [-0.3, -0.25) is 0 Å². The quantitative estimate of drug-likeness (QED) is 0.358. The molecule has 168 valence electrons. The lowest BCUT2D eigenvalue weighted by molar-refractivity contribution is 0.336. The van der Waals surface area contributed by atoms with Crippen LogP contribution in [0.2, 0.25) is 39.3 Å². The molecular weight excluding hydrogens is 417 g/mol. The van der Waals surface area contributed by atoms with Crippen molar-refractivity contribution < 1.29 is 0 Å². The van der Waals surface area contributed by atoms with Crippen LogP contribution >= 0.6 is 0 Å². The molecule has 0 aliphatic heterocycles. The standard InChI is InChI=1S/C30H40Si2/c1-31(2,3)24-14-15-25-22(20-24)21-27-26(25)16-17-28(32(4,5)6)29(27)30(18-10-7-11-19-30)23-12-8-9-13-23/h8-9,12,14-17,20H,7,10-11,13,18-19,21H2,1-6H3. The molecule has 0 bridgehead atoms. The summed E-state index contributed by atoms with van der Waals surface area (Å²) in [6, 6.07) is 12.5. The molecule has 0 aromatic heterocycles. The molecule has 0 atom stereocenters. The molecule has 0 heterocycles. The summed E-state index contributed by atoms with van der Waals surface area (Å²) >= 11 is 0. The highest BCUT2D eigenvalue weighted by Gasteiger charge is 2.43. The number of hydrogen-bond donors (Lipinski definition) is 0. The first-order valence-corrected chi connectivity index (χ1v) is 19.8. The Morgan fingerprint density at radius 1 is 0.781 bits per heavy atom. The maximum Gasteiger partial charge on any atom is 0.0780 e. The molecule has 0 nitrogen and oxygen atoms in total. The summed E-state index contributed by atoms with van der Waals surface area (Å²) in [4.78, 5) is 0. The summed E-state index contributed by atoms with van der Waals surface area (Å²) in [6.45, 7) is 15.1. The number of hydrogen-bond acceptors (Lipinski definition) is 0. The Hall–Kier alpha value is -1.65. The van der Waals surface area contributed by atoms with E-state index >= 15 is 0 Å². The van der Waals surface area contributed by atoms with Gasteiger partial charge in [-0.05, 0) is 53.5 Å². The molecule has 1 saturated carbocycles.